The molecule has 2 aromatic rings. The van der Waals surface area contributed by atoms with Crippen LogP contribution in [-0.2, 0) is 11.9 Å². The zero-order valence-electron chi connectivity index (χ0n) is 11.7. The number of alkyl halides is 1. The molecular weight excluding hydrogens is 358 g/mol. The Hall–Kier alpha value is -1.46. The molecule has 1 aromatic heterocycles. The fourth-order valence-corrected chi connectivity index (χ4v) is 2.45. The maximum Gasteiger partial charge on any atom is 0.185 e. The number of rotatable bonds is 6. The van der Waals surface area contributed by atoms with Crippen molar-refractivity contribution in [2.24, 2.45) is 0 Å². The highest BCUT2D eigenvalue weighted by Gasteiger charge is 2.12. The summed E-state index contributed by atoms with van der Waals surface area (Å²) in [7, 11) is 3.15. The minimum absolute atomic E-state index is 0.244. The smallest absolute Gasteiger partial charge is 0.185 e. The van der Waals surface area contributed by atoms with E-state index in [9.17, 15) is 0 Å². The second-order valence-corrected chi connectivity index (χ2v) is 5.15. The van der Waals surface area contributed by atoms with Gasteiger partial charge in [-0.2, -0.15) is 0 Å². The molecule has 0 unspecified atom stereocenters. The first-order chi connectivity index (χ1) is 10.2. The number of halogens is 2. The Labute approximate surface area is 137 Å². The van der Waals surface area contributed by atoms with Crippen LogP contribution in [0.4, 0.5) is 0 Å². The molecular formula is C15H15BrClNO3. The quantitative estimate of drug-likeness (QED) is 0.712. The monoisotopic (exact) mass is 371 g/mol. The average Bonchev–Trinajstić information content (AvgIpc) is 2.52. The van der Waals surface area contributed by atoms with E-state index in [2.05, 4.69) is 20.9 Å². The van der Waals surface area contributed by atoms with Gasteiger partial charge in [0.2, 0.25) is 0 Å². The number of aromatic nitrogens is 1. The third kappa shape index (κ3) is 3.80. The minimum Gasteiger partial charge on any atom is -0.493 e. The van der Waals surface area contributed by atoms with Crippen molar-refractivity contribution < 1.29 is 14.2 Å². The summed E-state index contributed by atoms with van der Waals surface area (Å²) in [6, 6.07) is 7.39. The molecule has 0 bridgehead atoms. The number of ether oxygens (including phenoxy) is 3. The molecule has 0 fully saturated rings. The first-order valence-electron chi connectivity index (χ1n) is 6.22. The molecule has 0 saturated carbocycles. The molecule has 0 atom stereocenters. The Bertz CT molecular complexity index is 622. The summed E-state index contributed by atoms with van der Waals surface area (Å²) < 4.78 is 16.3. The van der Waals surface area contributed by atoms with E-state index in [0.29, 0.717) is 28.0 Å². The van der Waals surface area contributed by atoms with Crippen LogP contribution in [-0.4, -0.2) is 19.2 Å². The summed E-state index contributed by atoms with van der Waals surface area (Å²) in [5.74, 6) is 1.79. The first-order valence-corrected chi connectivity index (χ1v) is 7.72. The van der Waals surface area contributed by atoms with Crippen LogP contribution in [0.5, 0.6) is 17.2 Å². The van der Waals surface area contributed by atoms with E-state index in [1.165, 1.54) is 0 Å². The van der Waals surface area contributed by atoms with Crippen LogP contribution in [0, 0.1) is 0 Å². The van der Waals surface area contributed by atoms with E-state index in [1.807, 2.05) is 18.2 Å². The molecule has 0 spiro atoms. The third-order valence-electron chi connectivity index (χ3n) is 2.88. The van der Waals surface area contributed by atoms with Gasteiger partial charge in [-0.3, -0.25) is 4.98 Å². The number of pyridine rings is 1. The van der Waals surface area contributed by atoms with Gasteiger partial charge in [-0.05, 0) is 17.7 Å². The van der Waals surface area contributed by atoms with E-state index in [4.69, 9.17) is 25.8 Å². The standard InChI is InChI=1S/C15H15BrClNO3/c1-19-14-5-6-18-12(15(14)20-2)9-21-13-4-3-10(8-16)7-11(13)17/h3-7H,8-9H2,1-2H3. The highest BCUT2D eigenvalue weighted by Crippen LogP contribution is 2.31. The molecule has 0 aliphatic rings. The number of benzene rings is 1. The van der Waals surface area contributed by atoms with Gasteiger partial charge in [-0.25, -0.2) is 0 Å². The molecule has 2 rings (SSSR count). The lowest BCUT2D eigenvalue weighted by Crippen LogP contribution is -2.03. The van der Waals surface area contributed by atoms with Gasteiger partial charge in [0.05, 0.1) is 19.2 Å². The van der Waals surface area contributed by atoms with Gasteiger partial charge in [0, 0.05) is 17.6 Å². The minimum atomic E-state index is 0.244. The van der Waals surface area contributed by atoms with Crippen molar-refractivity contribution >= 4 is 27.5 Å². The van der Waals surface area contributed by atoms with Gasteiger partial charge in [-0.1, -0.05) is 33.6 Å². The fraction of sp³-hybridized carbons (Fsp3) is 0.267. The molecule has 0 amide bonds. The van der Waals surface area contributed by atoms with Crippen LogP contribution in [0.15, 0.2) is 30.5 Å². The molecule has 0 N–H and O–H groups in total. The van der Waals surface area contributed by atoms with Crippen LogP contribution in [0.25, 0.3) is 0 Å². The second-order valence-electron chi connectivity index (χ2n) is 4.18. The Morgan fingerprint density at radius 2 is 1.95 bits per heavy atom. The van der Waals surface area contributed by atoms with E-state index < -0.39 is 0 Å². The average molecular weight is 373 g/mol. The molecule has 6 heteroatoms. The summed E-state index contributed by atoms with van der Waals surface area (Å²) in [4.78, 5) is 4.26. The number of hydrogen-bond acceptors (Lipinski definition) is 4. The molecule has 0 aliphatic heterocycles. The lowest BCUT2D eigenvalue weighted by atomic mass is 10.2. The largest absolute Gasteiger partial charge is 0.493 e. The summed E-state index contributed by atoms with van der Waals surface area (Å²) >= 11 is 9.57. The van der Waals surface area contributed by atoms with E-state index in [1.54, 1.807) is 26.5 Å². The van der Waals surface area contributed by atoms with Gasteiger partial charge < -0.3 is 14.2 Å². The summed E-state index contributed by atoms with van der Waals surface area (Å²) in [5, 5.41) is 1.31. The predicted molar refractivity (Wildman–Crippen MR) is 85.8 cm³/mol. The number of hydrogen-bond donors (Lipinski definition) is 0. The van der Waals surface area contributed by atoms with Gasteiger partial charge in [0.1, 0.15) is 18.1 Å². The Balaban J connectivity index is 2.16. The number of nitrogens with zero attached hydrogens (tertiary/aromatic N) is 1. The van der Waals surface area contributed by atoms with Crippen LogP contribution in [0.2, 0.25) is 5.02 Å². The Morgan fingerprint density at radius 1 is 1.14 bits per heavy atom. The highest BCUT2D eigenvalue weighted by molar-refractivity contribution is 9.08. The van der Waals surface area contributed by atoms with Gasteiger partial charge >= 0.3 is 0 Å². The van der Waals surface area contributed by atoms with Crippen LogP contribution in [0.3, 0.4) is 0 Å². The van der Waals surface area contributed by atoms with Crippen molar-refractivity contribution in [1.82, 2.24) is 4.98 Å². The predicted octanol–water partition coefficient (Wildman–Crippen LogP) is 4.23. The van der Waals surface area contributed by atoms with Gasteiger partial charge in [0.15, 0.2) is 11.5 Å². The molecule has 0 aliphatic carbocycles. The summed E-state index contributed by atoms with van der Waals surface area (Å²) in [5.41, 5.74) is 1.74. The zero-order chi connectivity index (χ0) is 15.2. The molecule has 21 heavy (non-hydrogen) atoms. The van der Waals surface area contributed by atoms with E-state index in [0.717, 1.165) is 10.9 Å². The molecule has 1 heterocycles. The van der Waals surface area contributed by atoms with Crippen molar-refractivity contribution in [2.75, 3.05) is 14.2 Å². The first kappa shape index (κ1) is 15.9. The van der Waals surface area contributed by atoms with Crippen molar-refractivity contribution in [3.8, 4) is 17.2 Å². The maximum atomic E-state index is 6.18. The van der Waals surface area contributed by atoms with Crippen molar-refractivity contribution in [1.29, 1.82) is 0 Å². The molecule has 4 nitrogen and oxygen atoms in total. The van der Waals surface area contributed by atoms with Crippen molar-refractivity contribution in [3.05, 3.63) is 46.7 Å². The lowest BCUT2D eigenvalue weighted by Gasteiger charge is -2.13. The van der Waals surface area contributed by atoms with Crippen molar-refractivity contribution in [2.45, 2.75) is 11.9 Å². The normalized spacial score (nSPS) is 10.3. The topological polar surface area (TPSA) is 40.6 Å². The maximum absolute atomic E-state index is 6.18. The summed E-state index contributed by atoms with van der Waals surface area (Å²) in [6.45, 7) is 0.244. The molecule has 112 valence electrons. The highest BCUT2D eigenvalue weighted by atomic mass is 79.9. The lowest BCUT2D eigenvalue weighted by molar-refractivity contribution is 0.285. The Kier molecular flexibility index (Phi) is 5.70. The van der Waals surface area contributed by atoms with Crippen LogP contribution < -0.4 is 14.2 Å². The number of methoxy groups -OCH3 is 2. The van der Waals surface area contributed by atoms with Gasteiger partial charge in [0.25, 0.3) is 0 Å². The SMILES string of the molecule is COc1ccnc(COc2ccc(CBr)cc2Cl)c1OC. The Morgan fingerprint density at radius 3 is 2.57 bits per heavy atom. The zero-order valence-corrected chi connectivity index (χ0v) is 14.1. The van der Waals surface area contributed by atoms with E-state index in [-0.39, 0.29) is 6.61 Å². The van der Waals surface area contributed by atoms with Crippen LogP contribution in [0.1, 0.15) is 11.3 Å². The van der Waals surface area contributed by atoms with Crippen LogP contribution >= 0.6 is 27.5 Å². The van der Waals surface area contributed by atoms with E-state index >= 15 is 0 Å². The molecule has 1 aromatic carbocycles. The third-order valence-corrected chi connectivity index (χ3v) is 3.82. The summed E-state index contributed by atoms with van der Waals surface area (Å²) in [6.07, 6.45) is 1.65. The molecule has 0 radical (unpaired) electrons. The fourth-order valence-electron chi connectivity index (χ4n) is 1.84. The second kappa shape index (κ2) is 7.52. The van der Waals surface area contributed by atoms with Crippen molar-refractivity contribution in [3.63, 3.8) is 0 Å². The molecule has 0 saturated heterocycles. The van der Waals surface area contributed by atoms with Gasteiger partial charge in [-0.15, -0.1) is 0 Å².